The molecule has 0 spiro atoms. The summed E-state index contributed by atoms with van der Waals surface area (Å²) in [5.74, 6) is -1.56. The van der Waals surface area contributed by atoms with E-state index >= 15 is 0 Å². The van der Waals surface area contributed by atoms with Gasteiger partial charge in [-0.2, -0.15) is 26.3 Å². The van der Waals surface area contributed by atoms with E-state index in [1.807, 2.05) is 0 Å². The van der Waals surface area contributed by atoms with Crippen LogP contribution in [-0.2, 0) is 13.8 Å². The standard InChI is InChI=1S/C7H6ClF6NO3S/c8-19(17,18)3-1-4(16)15(2-3)5(6(9,10)11)7(12,13)14/h3,5H,1-2H2. The van der Waals surface area contributed by atoms with Crippen molar-refractivity contribution in [2.75, 3.05) is 6.54 Å². The molecule has 0 aromatic rings. The van der Waals surface area contributed by atoms with Gasteiger partial charge in [0.05, 0.1) is 0 Å². The summed E-state index contributed by atoms with van der Waals surface area (Å²) >= 11 is 0. The van der Waals surface area contributed by atoms with Crippen LogP contribution in [0.1, 0.15) is 6.42 Å². The van der Waals surface area contributed by atoms with Gasteiger partial charge in [-0.05, 0) is 0 Å². The van der Waals surface area contributed by atoms with Crippen molar-refractivity contribution in [1.82, 2.24) is 4.90 Å². The summed E-state index contributed by atoms with van der Waals surface area (Å²) in [6, 6.07) is -4.03. The molecule has 1 heterocycles. The van der Waals surface area contributed by atoms with Gasteiger partial charge >= 0.3 is 12.4 Å². The molecule has 1 fully saturated rings. The van der Waals surface area contributed by atoms with Crippen LogP contribution in [0.15, 0.2) is 0 Å². The number of likely N-dealkylation sites (tertiary alicyclic amines) is 1. The molecule has 1 aliphatic heterocycles. The van der Waals surface area contributed by atoms with Crippen molar-refractivity contribution in [2.45, 2.75) is 30.1 Å². The Hall–Kier alpha value is -0.710. The van der Waals surface area contributed by atoms with Gasteiger partial charge in [-0.3, -0.25) is 4.79 Å². The zero-order valence-electron chi connectivity index (χ0n) is 8.79. The van der Waals surface area contributed by atoms with Crippen LogP contribution in [0.2, 0.25) is 0 Å². The summed E-state index contributed by atoms with van der Waals surface area (Å²) in [7, 11) is 0.416. The first-order valence-electron chi connectivity index (χ1n) is 4.61. The third-order valence-electron chi connectivity index (χ3n) is 2.45. The van der Waals surface area contributed by atoms with E-state index in [2.05, 4.69) is 0 Å². The second kappa shape index (κ2) is 4.69. The third kappa shape index (κ3) is 3.65. The van der Waals surface area contributed by atoms with Gasteiger partial charge in [-0.1, -0.05) is 0 Å². The molecule has 0 saturated carbocycles. The number of nitrogens with zero attached hydrogens (tertiary/aromatic N) is 1. The number of alkyl halides is 6. The lowest BCUT2D eigenvalue weighted by Crippen LogP contribution is -2.55. The summed E-state index contributed by atoms with van der Waals surface area (Å²) in [6.45, 7) is -1.24. The fraction of sp³-hybridized carbons (Fsp3) is 0.857. The van der Waals surface area contributed by atoms with Crippen molar-refractivity contribution in [3.05, 3.63) is 0 Å². The lowest BCUT2D eigenvalue weighted by atomic mass is 10.2. The SMILES string of the molecule is O=C1CC(S(=O)(=O)Cl)CN1C(C(F)(F)F)C(F)(F)F. The minimum atomic E-state index is -5.75. The molecule has 1 atom stereocenters. The van der Waals surface area contributed by atoms with Crippen molar-refractivity contribution < 1.29 is 39.6 Å². The first-order chi connectivity index (χ1) is 8.24. The Morgan fingerprint density at radius 3 is 1.84 bits per heavy atom. The fourth-order valence-electron chi connectivity index (χ4n) is 1.67. The Balaban J connectivity index is 3.11. The normalized spacial score (nSPS) is 22.4. The molecular weight excluding hydrogens is 328 g/mol. The predicted octanol–water partition coefficient (Wildman–Crippen LogP) is 1.65. The molecule has 1 saturated heterocycles. The van der Waals surface area contributed by atoms with Gasteiger partial charge in [0.1, 0.15) is 5.25 Å². The highest BCUT2D eigenvalue weighted by molar-refractivity contribution is 8.14. The minimum Gasteiger partial charge on any atom is -0.322 e. The van der Waals surface area contributed by atoms with Crippen LogP contribution in [0.25, 0.3) is 0 Å². The number of carbonyl (C=O) groups is 1. The van der Waals surface area contributed by atoms with E-state index < -0.39 is 56.5 Å². The highest BCUT2D eigenvalue weighted by Crippen LogP contribution is 2.39. The molecule has 1 aliphatic rings. The van der Waals surface area contributed by atoms with Gasteiger partial charge in [-0.25, -0.2) is 8.42 Å². The van der Waals surface area contributed by atoms with Gasteiger partial charge in [-0.15, -0.1) is 0 Å². The van der Waals surface area contributed by atoms with Gasteiger partial charge in [0.2, 0.25) is 21.0 Å². The number of hydrogen-bond donors (Lipinski definition) is 0. The largest absolute Gasteiger partial charge is 0.417 e. The quantitative estimate of drug-likeness (QED) is 0.570. The second-order valence-corrected chi connectivity index (χ2v) is 6.74. The molecular formula is C7H6ClF6NO3S. The van der Waals surface area contributed by atoms with E-state index in [1.165, 1.54) is 0 Å². The molecule has 1 amide bonds. The summed E-state index contributed by atoms with van der Waals surface area (Å²) < 4.78 is 96.0. The molecule has 0 aromatic carbocycles. The average Bonchev–Trinajstić information content (AvgIpc) is 2.41. The third-order valence-corrected chi connectivity index (χ3v) is 4.32. The van der Waals surface area contributed by atoms with Crippen molar-refractivity contribution in [1.29, 1.82) is 0 Å². The average molecular weight is 334 g/mol. The lowest BCUT2D eigenvalue weighted by molar-refractivity contribution is -0.282. The maximum Gasteiger partial charge on any atom is 0.417 e. The molecule has 0 radical (unpaired) electrons. The molecule has 0 bridgehead atoms. The molecule has 0 aliphatic carbocycles. The molecule has 1 unspecified atom stereocenters. The van der Waals surface area contributed by atoms with Crippen LogP contribution in [0.5, 0.6) is 0 Å². The molecule has 0 N–H and O–H groups in total. The molecule has 1 rings (SSSR count). The zero-order valence-corrected chi connectivity index (χ0v) is 10.4. The Kier molecular flexibility index (Phi) is 4.03. The van der Waals surface area contributed by atoms with E-state index in [9.17, 15) is 39.6 Å². The van der Waals surface area contributed by atoms with E-state index in [-0.39, 0.29) is 0 Å². The minimum absolute atomic E-state index is 0.551. The molecule has 19 heavy (non-hydrogen) atoms. The van der Waals surface area contributed by atoms with Crippen LogP contribution in [0, 0.1) is 0 Å². The van der Waals surface area contributed by atoms with Gasteiger partial charge in [0, 0.05) is 23.6 Å². The van der Waals surface area contributed by atoms with Crippen LogP contribution < -0.4 is 0 Å². The fourth-order valence-corrected chi connectivity index (χ4v) is 2.71. The Morgan fingerprint density at radius 2 is 1.58 bits per heavy atom. The summed E-state index contributed by atoms with van der Waals surface area (Å²) in [6.07, 6.45) is -12.5. The van der Waals surface area contributed by atoms with Crippen LogP contribution in [0.4, 0.5) is 26.3 Å². The monoisotopic (exact) mass is 333 g/mol. The summed E-state index contributed by atoms with van der Waals surface area (Å²) in [5.41, 5.74) is 0. The number of rotatable bonds is 2. The number of hydrogen-bond acceptors (Lipinski definition) is 3. The smallest absolute Gasteiger partial charge is 0.322 e. The zero-order chi connectivity index (χ0) is 15.2. The molecule has 4 nitrogen and oxygen atoms in total. The van der Waals surface area contributed by atoms with Crippen LogP contribution in [0.3, 0.4) is 0 Å². The molecule has 112 valence electrons. The van der Waals surface area contributed by atoms with E-state index in [1.54, 1.807) is 0 Å². The highest BCUT2D eigenvalue weighted by Gasteiger charge is 2.62. The second-order valence-electron chi connectivity index (χ2n) is 3.83. The predicted molar refractivity (Wildman–Crippen MR) is 50.8 cm³/mol. The van der Waals surface area contributed by atoms with Crippen molar-refractivity contribution in [2.24, 2.45) is 0 Å². The van der Waals surface area contributed by atoms with Crippen molar-refractivity contribution in [3.8, 4) is 0 Å². The Labute approximate surface area is 107 Å². The van der Waals surface area contributed by atoms with E-state index in [4.69, 9.17) is 10.7 Å². The van der Waals surface area contributed by atoms with E-state index in [0.29, 0.717) is 0 Å². The van der Waals surface area contributed by atoms with Crippen molar-refractivity contribution >= 4 is 25.6 Å². The first-order valence-corrected chi connectivity index (χ1v) is 6.98. The number of carbonyl (C=O) groups excluding carboxylic acids is 1. The summed E-state index contributed by atoms with van der Waals surface area (Å²) in [5, 5.41) is -1.78. The Morgan fingerprint density at radius 1 is 1.16 bits per heavy atom. The summed E-state index contributed by atoms with van der Waals surface area (Å²) in [4.78, 5) is 10.6. The molecule has 12 heteroatoms. The van der Waals surface area contributed by atoms with Crippen LogP contribution in [-0.4, -0.2) is 49.4 Å². The Bertz CT molecular complexity index is 458. The first kappa shape index (κ1) is 16.3. The maximum atomic E-state index is 12.4. The van der Waals surface area contributed by atoms with Gasteiger partial charge < -0.3 is 4.90 Å². The van der Waals surface area contributed by atoms with E-state index in [0.717, 1.165) is 0 Å². The highest BCUT2D eigenvalue weighted by atomic mass is 35.7. The number of amides is 1. The maximum absolute atomic E-state index is 12.4. The van der Waals surface area contributed by atoms with Crippen LogP contribution >= 0.6 is 10.7 Å². The number of halogens is 7. The van der Waals surface area contributed by atoms with Crippen molar-refractivity contribution in [3.63, 3.8) is 0 Å². The van der Waals surface area contributed by atoms with Gasteiger partial charge in [0.15, 0.2) is 0 Å². The lowest BCUT2D eigenvalue weighted by Gasteiger charge is -2.31. The topological polar surface area (TPSA) is 54.5 Å². The molecule has 0 aromatic heterocycles. The van der Waals surface area contributed by atoms with Gasteiger partial charge in [0.25, 0.3) is 0 Å².